The van der Waals surface area contributed by atoms with Gasteiger partial charge in [-0.05, 0) is 17.7 Å². The summed E-state index contributed by atoms with van der Waals surface area (Å²) in [6, 6.07) is 3.38. The van der Waals surface area contributed by atoms with Crippen LogP contribution < -0.4 is 0 Å². The Morgan fingerprint density at radius 2 is 1.69 bits per heavy atom. The van der Waals surface area contributed by atoms with Crippen LogP contribution in [0.25, 0.3) is 6.08 Å². The summed E-state index contributed by atoms with van der Waals surface area (Å²) in [5, 5.41) is 2.37. The normalized spacial score (nSPS) is 11.1. The maximum Gasteiger partial charge on any atom is 0.0607 e. The predicted octanol–water partition coefficient (Wildman–Crippen LogP) is 5.05. The molecule has 0 radical (unpaired) electrons. The Bertz CT molecular complexity index is 334. The summed E-state index contributed by atoms with van der Waals surface area (Å²) in [4.78, 5) is 0. The van der Waals surface area contributed by atoms with Gasteiger partial charge in [0.2, 0.25) is 0 Å². The molecule has 0 aliphatic heterocycles. The van der Waals surface area contributed by atoms with Crippen LogP contribution in [0.3, 0.4) is 0 Å². The zero-order chi connectivity index (χ0) is 9.84. The molecule has 0 nitrogen and oxygen atoms in total. The van der Waals surface area contributed by atoms with Crippen molar-refractivity contribution >= 4 is 56.8 Å². The van der Waals surface area contributed by atoms with Crippen LogP contribution in [0.5, 0.6) is 0 Å². The van der Waals surface area contributed by atoms with Gasteiger partial charge in [-0.25, -0.2) is 0 Å². The molecule has 0 fully saturated rings. The van der Waals surface area contributed by atoms with Crippen LogP contribution in [0.15, 0.2) is 18.2 Å². The van der Waals surface area contributed by atoms with E-state index in [1.54, 1.807) is 12.1 Å². The number of hydrogen-bond donors (Lipinski definition) is 0. The topological polar surface area (TPSA) is 0 Å². The van der Waals surface area contributed by atoms with Crippen molar-refractivity contribution in [2.45, 2.75) is 0 Å². The lowest BCUT2D eigenvalue weighted by atomic mass is 10.2. The van der Waals surface area contributed by atoms with Crippen LogP contribution in [0.2, 0.25) is 15.1 Å². The van der Waals surface area contributed by atoms with Crippen molar-refractivity contribution in [3.63, 3.8) is 0 Å². The molecule has 70 valence electrons. The zero-order valence-electron chi connectivity index (χ0n) is 6.53. The fraction of sp³-hybridized carbons (Fsp3) is 0.111. The minimum atomic E-state index is 0.475. The van der Waals surface area contributed by atoms with Gasteiger partial charge in [0, 0.05) is 10.4 Å². The summed E-state index contributed by atoms with van der Waals surface area (Å²) < 4.78 is 0. The molecule has 0 saturated heterocycles. The van der Waals surface area contributed by atoms with Gasteiger partial charge in [-0.2, -0.15) is 0 Å². The minimum absolute atomic E-state index is 0.475. The van der Waals surface area contributed by atoms with Crippen LogP contribution in [-0.2, 0) is 0 Å². The highest BCUT2D eigenvalue weighted by Crippen LogP contribution is 2.29. The van der Waals surface area contributed by atoms with E-state index in [2.05, 4.69) is 15.9 Å². The molecule has 4 heteroatoms. The molecule has 0 atom stereocenters. The van der Waals surface area contributed by atoms with Crippen molar-refractivity contribution in [2.75, 3.05) is 5.33 Å². The second-order valence-electron chi connectivity index (χ2n) is 2.34. The smallest absolute Gasteiger partial charge is 0.0607 e. The van der Waals surface area contributed by atoms with E-state index in [4.69, 9.17) is 34.8 Å². The minimum Gasteiger partial charge on any atom is -0.0883 e. The first-order valence-electron chi connectivity index (χ1n) is 3.52. The van der Waals surface area contributed by atoms with Crippen LogP contribution in [0, 0.1) is 0 Å². The first kappa shape index (κ1) is 11.4. The zero-order valence-corrected chi connectivity index (χ0v) is 10.4. The SMILES string of the molecule is Clc1cc(Cl)c(C=CCBr)cc1Cl. The number of rotatable bonds is 2. The van der Waals surface area contributed by atoms with Crippen molar-refractivity contribution in [1.82, 2.24) is 0 Å². The Balaban J connectivity index is 3.08. The molecular weight excluding hydrogens is 294 g/mol. The van der Waals surface area contributed by atoms with Gasteiger partial charge in [0.15, 0.2) is 0 Å². The van der Waals surface area contributed by atoms with E-state index < -0.39 is 0 Å². The number of halogens is 4. The van der Waals surface area contributed by atoms with Gasteiger partial charge < -0.3 is 0 Å². The molecular formula is C9H6BrCl3. The van der Waals surface area contributed by atoms with Crippen LogP contribution in [0.4, 0.5) is 0 Å². The highest BCUT2D eigenvalue weighted by atomic mass is 79.9. The van der Waals surface area contributed by atoms with E-state index in [9.17, 15) is 0 Å². The largest absolute Gasteiger partial charge is 0.0883 e. The van der Waals surface area contributed by atoms with Crippen LogP contribution >= 0.6 is 50.7 Å². The highest BCUT2D eigenvalue weighted by molar-refractivity contribution is 9.09. The number of allylic oxidation sites excluding steroid dienone is 1. The Hall–Kier alpha value is 0.310. The van der Waals surface area contributed by atoms with E-state index in [0.717, 1.165) is 10.9 Å². The lowest BCUT2D eigenvalue weighted by Crippen LogP contribution is -1.77. The Morgan fingerprint density at radius 1 is 1.08 bits per heavy atom. The van der Waals surface area contributed by atoms with Gasteiger partial charge in [-0.1, -0.05) is 62.9 Å². The Morgan fingerprint density at radius 3 is 2.31 bits per heavy atom. The van der Waals surface area contributed by atoms with E-state index in [0.29, 0.717) is 15.1 Å². The second kappa shape index (κ2) is 5.26. The predicted molar refractivity (Wildman–Crippen MR) is 64.3 cm³/mol. The third kappa shape index (κ3) is 3.17. The van der Waals surface area contributed by atoms with E-state index in [-0.39, 0.29) is 0 Å². The lowest BCUT2D eigenvalue weighted by Gasteiger charge is -2.00. The Labute approximate surface area is 101 Å². The van der Waals surface area contributed by atoms with Crippen molar-refractivity contribution in [3.05, 3.63) is 38.8 Å². The first-order valence-corrected chi connectivity index (χ1v) is 5.77. The average molecular weight is 300 g/mol. The van der Waals surface area contributed by atoms with E-state index in [1.165, 1.54) is 0 Å². The first-order chi connectivity index (χ1) is 6.15. The average Bonchev–Trinajstić information content (AvgIpc) is 2.09. The molecule has 0 aliphatic rings. The molecule has 1 aromatic carbocycles. The summed E-state index contributed by atoms with van der Waals surface area (Å²) in [6.07, 6.45) is 3.82. The number of alkyl halides is 1. The maximum absolute atomic E-state index is 5.93. The van der Waals surface area contributed by atoms with Gasteiger partial charge in [-0.3, -0.25) is 0 Å². The summed E-state index contributed by atoms with van der Waals surface area (Å²) >= 11 is 20.8. The van der Waals surface area contributed by atoms with Gasteiger partial charge in [0.25, 0.3) is 0 Å². The molecule has 13 heavy (non-hydrogen) atoms. The van der Waals surface area contributed by atoms with E-state index in [1.807, 2.05) is 12.2 Å². The van der Waals surface area contributed by atoms with Crippen molar-refractivity contribution in [2.24, 2.45) is 0 Å². The third-order valence-corrected chi connectivity index (χ3v) is 2.85. The number of hydrogen-bond acceptors (Lipinski definition) is 0. The van der Waals surface area contributed by atoms with Gasteiger partial charge >= 0.3 is 0 Å². The molecule has 0 aromatic heterocycles. The molecule has 0 N–H and O–H groups in total. The third-order valence-electron chi connectivity index (χ3n) is 1.43. The summed E-state index contributed by atoms with van der Waals surface area (Å²) in [5.41, 5.74) is 0.871. The van der Waals surface area contributed by atoms with Gasteiger partial charge in [0.05, 0.1) is 10.0 Å². The quantitative estimate of drug-likeness (QED) is 0.529. The molecule has 0 heterocycles. The van der Waals surface area contributed by atoms with Crippen molar-refractivity contribution < 1.29 is 0 Å². The molecule has 0 aliphatic carbocycles. The van der Waals surface area contributed by atoms with Crippen LogP contribution in [-0.4, -0.2) is 5.33 Å². The second-order valence-corrected chi connectivity index (χ2v) is 4.21. The summed E-state index contributed by atoms with van der Waals surface area (Å²) in [6.45, 7) is 0. The molecule has 0 bridgehead atoms. The standard InChI is InChI=1S/C9H6BrCl3/c10-3-1-2-6-4-8(12)9(13)5-7(6)11/h1-2,4-5H,3H2. The maximum atomic E-state index is 5.93. The highest BCUT2D eigenvalue weighted by Gasteiger charge is 2.02. The van der Waals surface area contributed by atoms with Gasteiger partial charge in [-0.15, -0.1) is 0 Å². The van der Waals surface area contributed by atoms with Crippen molar-refractivity contribution in [3.8, 4) is 0 Å². The summed E-state index contributed by atoms with van der Waals surface area (Å²) in [7, 11) is 0. The fourth-order valence-electron chi connectivity index (χ4n) is 0.837. The molecule has 1 aromatic rings. The van der Waals surface area contributed by atoms with Crippen molar-refractivity contribution in [1.29, 1.82) is 0 Å². The number of benzene rings is 1. The fourth-order valence-corrected chi connectivity index (χ4v) is 1.64. The lowest BCUT2D eigenvalue weighted by molar-refractivity contribution is 1.64. The molecule has 0 spiro atoms. The van der Waals surface area contributed by atoms with Crippen LogP contribution in [0.1, 0.15) is 5.56 Å². The van der Waals surface area contributed by atoms with E-state index >= 15 is 0 Å². The monoisotopic (exact) mass is 298 g/mol. The molecule has 1 rings (SSSR count). The van der Waals surface area contributed by atoms with Gasteiger partial charge in [0.1, 0.15) is 0 Å². The molecule has 0 unspecified atom stereocenters. The Kier molecular flexibility index (Phi) is 4.60. The summed E-state index contributed by atoms with van der Waals surface area (Å²) in [5.74, 6) is 0. The molecule has 0 saturated carbocycles. The molecule has 0 amide bonds.